The van der Waals surface area contributed by atoms with E-state index in [-0.39, 0.29) is 40.0 Å². The normalized spacial score (nSPS) is 60.1. The molecule has 3 aliphatic carbocycles. The molecule has 1 saturated heterocycles. The van der Waals surface area contributed by atoms with Crippen molar-refractivity contribution < 1.29 is 14.3 Å². The van der Waals surface area contributed by atoms with Gasteiger partial charge in [-0.05, 0) is 24.3 Å². The molecule has 4 rings (SSSR count). The Bertz CT molecular complexity index is 522. The number of carbonyl (C=O) groups excluding carboxylic acids is 2. The Morgan fingerprint density at radius 3 is 2.78 bits per heavy atom. The van der Waals surface area contributed by atoms with E-state index in [1.54, 1.807) is 6.08 Å². The van der Waals surface area contributed by atoms with Crippen LogP contribution in [0.15, 0.2) is 12.2 Å². The maximum atomic E-state index is 12.2. The number of carbonyl (C=O) groups is 2. The largest absolute Gasteiger partial charge is 0.461 e. The first-order valence-corrected chi connectivity index (χ1v) is 6.84. The van der Waals surface area contributed by atoms with Crippen LogP contribution < -0.4 is 0 Å². The van der Waals surface area contributed by atoms with E-state index in [0.29, 0.717) is 5.92 Å². The molecule has 0 radical (unpaired) electrons. The second kappa shape index (κ2) is 2.59. The van der Waals surface area contributed by atoms with Crippen molar-refractivity contribution in [2.45, 2.75) is 39.7 Å². The van der Waals surface area contributed by atoms with E-state index in [9.17, 15) is 9.59 Å². The Balaban J connectivity index is 1.87. The van der Waals surface area contributed by atoms with Gasteiger partial charge in [0, 0.05) is 16.7 Å². The van der Waals surface area contributed by atoms with Gasteiger partial charge in [0.15, 0.2) is 5.78 Å². The molecule has 96 valence electrons. The molecule has 2 saturated carbocycles. The Morgan fingerprint density at radius 1 is 1.33 bits per heavy atom. The molecule has 1 aliphatic heterocycles. The third-order valence-corrected chi connectivity index (χ3v) is 6.84. The van der Waals surface area contributed by atoms with E-state index in [0.717, 1.165) is 12.8 Å². The second-order valence-corrected chi connectivity index (χ2v) is 6.87. The van der Waals surface area contributed by atoms with E-state index < -0.39 is 0 Å². The summed E-state index contributed by atoms with van der Waals surface area (Å²) >= 11 is 0. The first kappa shape index (κ1) is 10.8. The fraction of sp³-hybridized carbons (Fsp3) is 0.733. The van der Waals surface area contributed by atoms with Crippen LogP contribution in [0.3, 0.4) is 0 Å². The lowest BCUT2D eigenvalue weighted by Crippen LogP contribution is -2.36. The van der Waals surface area contributed by atoms with E-state index in [4.69, 9.17) is 4.74 Å². The summed E-state index contributed by atoms with van der Waals surface area (Å²) in [6, 6.07) is 0. The smallest absolute Gasteiger partial charge is 0.309 e. The summed E-state index contributed by atoms with van der Waals surface area (Å²) in [6.45, 7) is 6.22. The highest BCUT2D eigenvalue weighted by atomic mass is 16.6. The number of fused-ring (bicyclic) bond motifs is 2. The van der Waals surface area contributed by atoms with Crippen molar-refractivity contribution in [1.29, 1.82) is 0 Å². The van der Waals surface area contributed by atoms with Crippen molar-refractivity contribution >= 4 is 11.8 Å². The van der Waals surface area contributed by atoms with Crippen molar-refractivity contribution in [2.75, 3.05) is 0 Å². The maximum Gasteiger partial charge on any atom is 0.309 e. The number of esters is 1. The van der Waals surface area contributed by atoms with Gasteiger partial charge < -0.3 is 4.74 Å². The van der Waals surface area contributed by atoms with Crippen LogP contribution in [0, 0.1) is 28.1 Å². The number of rotatable bonds is 0. The van der Waals surface area contributed by atoms with Gasteiger partial charge in [-0.3, -0.25) is 9.59 Å². The fourth-order valence-electron chi connectivity index (χ4n) is 5.45. The molecule has 3 fully saturated rings. The van der Waals surface area contributed by atoms with Crippen LogP contribution in [0.5, 0.6) is 0 Å². The highest BCUT2D eigenvalue weighted by molar-refractivity contribution is 6.04. The van der Waals surface area contributed by atoms with E-state index in [1.165, 1.54) is 0 Å². The topological polar surface area (TPSA) is 43.4 Å². The van der Waals surface area contributed by atoms with Crippen LogP contribution in [0.1, 0.15) is 33.6 Å². The molecule has 0 unspecified atom stereocenters. The van der Waals surface area contributed by atoms with Gasteiger partial charge in [0.05, 0.1) is 5.92 Å². The van der Waals surface area contributed by atoms with Crippen LogP contribution in [0.4, 0.5) is 0 Å². The molecule has 4 aliphatic rings. The average molecular weight is 246 g/mol. The van der Waals surface area contributed by atoms with Gasteiger partial charge in [-0.15, -0.1) is 0 Å². The molecule has 0 amide bonds. The molecule has 0 aromatic heterocycles. The first-order valence-electron chi connectivity index (χ1n) is 6.84. The van der Waals surface area contributed by atoms with Crippen LogP contribution >= 0.6 is 0 Å². The Kier molecular flexibility index (Phi) is 1.55. The minimum Gasteiger partial charge on any atom is -0.461 e. The van der Waals surface area contributed by atoms with Crippen molar-refractivity contribution in [3.63, 3.8) is 0 Å². The molecule has 18 heavy (non-hydrogen) atoms. The van der Waals surface area contributed by atoms with Gasteiger partial charge in [0.1, 0.15) is 6.10 Å². The minimum absolute atomic E-state index is 0.00264. The molecular formula is C15H18O3. The van der Waals surface area contributed by atoms with E-state index in [2.05, 4.69) is 19.9 Å². The van der Waals surface area contributed by atoms with Gasteiger partial charge in [-0.2, -0.15) is 0 Å². The number of hydrogen-bond donors (Lipinski definition) is 0. The lowest BCUT2D eigenvalue weighted by atomic mass is 9.70. The van der Waals surface area contributed by atoms with Gasteiger partial charge >= 0.3 is 5.97 Å². The van der Waals surface area contributed by atoms with Crippen molar-refractivity contribution in [3.05, 3.63) is 12.2 Å². The Labute approximate surface area is 107 Å². The lowest BCUT2D eigenvalue weighted by molar-refractivity contribution is -0.146. The predicted octanol–water partition coefficient (Wildman–Crippen LogP) is 2.11. The van der Waals surface area contributed by atoms with Crippen molar-refractivity contribution in [3.8, 4) is 0 Å². The molecule has 3 nitrogen and oxygen atoms in total. The zero-order valence-corrected chi connectivity index (χ0v) is 11.0. The van der Waals surface area contributed by atoms with Gasteiger partial charge in [0.25, 0.3) is 0 Å². The highest BCUT2D eigenvalue weighted by Crippen LogP contribution is 2.87. The number of allylic oxidation sites excluding steroid dienone is 1. The van der Waals surface area contributed by atoms with Gasteiger partial charge in [-0.25, -0.2) is 0 Å². The zero-order valence-electron chi connectivity index (χ0n) is 11.0. The van der Waals surface area contributed by atoms with E-state index in [1.807, 2.05) is 6.92 Å². The molecular weight excluding hydrogens is 228 g/mol. The van der Waals surface area contributed by atoms with Crippen LogP contribution in [-0.4, -0.2) is 17.9 Å². The molecule has 3 heteroatoms. The zero-order chi connectivity index (χ0) is 12.9. The summed E-state index contributed by atoms with van der Waals surface area (Å²) in [4.78, 5) is 24.1. The lowest BCUT2D eigenvalue weighted by Gasteiger charge is -2.34. The molecule has 0 aromatic rings. The summed E-state index contributed by atoms with van der Waals surface area (Å²) in [5.74, 6) is 0.428. The number of hydrogen-bond acceptors (Lipinski definition) is 3. The Morgan fingerprint density at radius 2 is 2.06 bits per heavy atom. The fourth-order valence-corrected chi connectivity index (χ4v) is 5.45. The maximum absolute atomic E-state index is 12.2. The standard InChI is InChI=1S/C15H18O3/c1-8-9-4-6-13(2)14(3)10(16)5-7-15(13,14)11(9)18-12(8)17/h5,7-9,11H,4,6H2,1-3H3/t8-,9+,11+,13+,14+,15+/m0/s1. The van der Waals surface area contributed by atoms with Crippen LogP contribution in [0.2, 0.25) is 0 Å². The number of ketones is 1. The van der Waals surface area contributed by atoms with E-state index >= 15 is 0 Å². The molecule has 0 aromatic carbocycles. The Hall–Kier alpha value is -1.12. The molecule has 1 spiro atoms. The van der Waals surface area contributed by atoms with Gasteiger partial charge in [0.2, 0.25) is 0 Å². The third-order valence-electron chi connectivity index (χ3n) is 6.84. The predicted molar refractivity (Wildman–Crippen MR) is 64.6 cm³/mol. The van der Waals surface area contributed by atoms with Crippen LogP contribution in [-0.2, 0) is 14.3 Å². The monoisotopic (exact) mass is 246 g/mol. The molecule has 1 heterocycles. The first-order chi connectivity index (χ1) is 8.40. The summed E-state index contributed by atoms with van der Waals surface area (Å²) < 4.78 is 5.67. The minimum atomic E-state index is -0.330. The highest BCUT2D eigenvalue weighted by Gasteiger charge is 2.90. The molecule has 0 N–H and O–H groups in total. The van der Waals surface area contributed by atoms with Crippen molar-refractivity contribution in [2.24, 2.45) is 28.1 Å². The summed E-state index contributed by atoms with van der Waals surface area (Å²) in [5.41, 5.74) is -0.540. The summed E-state index contributed by atoms with van der Waals surface area (Å²) in [7, 11) is 0. The van der Waals surface area contributed by atoms with Crippen molar-refractivity contribution in [1.82, 2.24) is 0 Å². The molecule has 0 bridgehead atoms. The quantitative estimate of drug-likeness (QED) is 0.615. The number of ether oxygens (including phenoxy) is 1. The van der Waals surface area contributed by atoms with Gasteiger partial charge in [-0.1, -0.05) is 26.8 Å². The molecule has 6 atom stereocenters. The average Bonchev–Trinajstić information content (AvgIpc) is 2.56. The summed E-state index contributed by atoms with van der Waals surface area (Å²) in [5, 5.41) is 0. The van der Waals surface area contributed by atoms with Crippen LogP contribution in [0.25, 0.3) is 0 Å². The second-order valence-electron chi connectivity index (χ2n) is 6.87. The third kappa shape index (κ3) is 0.703. The summed E-state index contributed by atoms with van der Waals surface area (Å²) in [6.07, 6.45) is 5.72. The SMILES string of the molecule is C[C@@H]1C(=O)O[C@@H]2[C@@H]1CC[C@]1(C)[C@@]3(C)C(=O)C=C[C@@]213.